The number of H-pyrrole nitrogens is 2. The summed E-state index contributed by atoms with van der Waals surface area (Å²) in [5.41, 5.74) is 10.0. The summed E-state index contributed by atoms with van der Waals surface area (Å²) in [6, 6.07) is 9.30. The third-order valence-electron chi connectivity index (χ3n) is 9.02. The number of rotatable bonds is 12. The molecule has 2 aliphatic rings. The lowest BCUT2D eigenvalue weighted by atomic mass is 9.87. The molecule has 5 rings (SSSR count). The highest BCUT2D eigenvalue weighted by atomic mass is 32.1. The smallest absolute Gasteiger partial charge is 0.337 e. The van der Waals surface area contributed by atoms with E-state index in [0.717, 1.165) is 63.2 Å². The molecule has 0 radical (unpaired) electrons. The third-order valence-corrected chi connectivity index (χ3v) is 9.34. The van der Waals surface area contributed by atoms with E-state index >= 15 is 0 Å². The zero-order valence-electron chi connectivity index (χ0n) is 26.4. The van der Waals surface area contributed by atoms with Gasteiger partial charge in [0.15, 0.2) is 0 Å². The number of aliphatic carboxylic acids is 1. The number of nitrogens with zero attached hydrogens (tertiary/aromatic N) is 2. The molecule has 238 valence electrons. The number of carboxylic acid groups (broad SMARTS) is 2. The maximum absolute atomic E-state index is 12.3. The van der Waals surface area contributed by atoms with Crippen molar-refractivity contribution in [1.29, 1.82) is 0 Å². The Morgan fingerprint density at radius 3 is 2.44 bits per heavy atom. The molecular formula is C35H42N4O5S. The summed E-state index contributed by atoms with van der Waals surface area (Å²) in [5, 5.41) is 19.5. The number of nitrogens with one attached hydrogen (secondary N) is 2. The fourth-order valence-electron chi connectivity index (χ4n) is 6.24. The summed E-state index contributed by atoms with van der Waals surface area (Å²) in [6.45, 7) is 9.47. The number of carboxylic acids is 2. The highest BCUT2D eigenvalue weighted by Crippen LogP contribution is 2.41. The Hall–Kier alpha value is -3.89. The zero-order valence-corrected chi connectivity index (χ0v) is 27.3. The highest BCUT2D eigenvalue weighted by molar-refractivity contribution is 7.79. The first-order valence-electron chi connectivity index (χ1n) is 15.7. The first kappa shape index (κ1) is 32.5. The molecule has 5 heterocycles. The summed E-state index contributed by atoms with van der Waals surface area (Å²) in [4.78, 5) is 40.7. The van der Waals surface area contributed by atoms with Gasteiger partial charge in [-0.2, -0.15) is 12.6 Å². The van der Waals surface area contributed by atoms with Crippen molar-refractivity contribution >= 4 is 57.8 Å². The van der Waals surface area contributed by atoms with Crippen LogP contribution in [-0.4, -0.2) is 55.3 Å². The van der Waals surface area contributed by atoms with E-state index < -0.39 is 11.9 Å². The number of aromatic nitrogens is 4. The lowest BCUT2D eigenvalue weighted by Crippen LogP contribution is -2.06. The van der Waals surface area contributed by atoms with E-state index in [-0.39, 0.29) is 23.8 Å². The number of fused-ring (bicyclic) bond motifs is 8. The van der Waals surface area contributed by atoms with Crippen LogP contribution in [0.25, 0.3) is 33.2 Å². The van der Waals surface area contributed by atoms with Crippen molar-refractivity contribution in [2.24, 2.45) is 0 Å². The molecule has 9 nitrogen and oxygen atoms in total. The molecule has 2 aliphatic heterocycles. The second-order valence-electron chi connectivity index (χ2n) is 12.0. The van der Waals surface area contributed by atoms with Crippen LogP contribution in [0, 0.1) is 6.92 Å². The van der Waals surface area contributed by atoms with E-state index in [1.54, 1.807) is 12.1 Å². The summed E-state index contributed by atoms with van der Waals surface area (Å²) < 4.78 is 6.16. The molecule has 8 bridgehead atoms. The van der Waals surface area contributed by atoms with Gasteiger partial charge in [-0.1, -0.05) is 33.1 Å². The van der Waals surface area contributed by atoms with Crippen molar-refractivity contribution in [3.8, 4) is 0 Å². The molecule has 0 fully saturated rings. The molecule has 0 saturated carbocycles. The van der Waals surface area contributed by atoms with Gasteiger partial charge >= 0.3 is 11.9 Å². The van der Waals surface area contributed by atoms with Gasteiger partial charge in [-0.15, -0.1) is 0 Å². The number of aryl methyl sites for hydroxylation is 1. The fourth-order valence-corrected chi connectivity index (χ4v) is 6.65. The van der Waals surface area contributed by atoms with E-state index in [0.29, 0.717) is 42.1 Å². The number of allylic oxidation sites excluding steroid dienone is 1. The Labute approximate surface area is 268 Å². The maximum Gasteiger partial charge on any atom is 0.337 e. The molecule has 0 aliphatic carbocycles. The maximum atomic E-state index is 12.3. The number of thiol groups is 1. The molecule has 2 atom stereocenters. The van der Waals surface area contributed by atoms with Crippen LogP contribution in [-0.2, 0) is 15.3 Å². The minimum absolute atomic E-state index is 0.0159. The number of ether oxygens (including phenoxy) is 1. The SMILES string of the molecule is CCCCCCOCC1=C(C)c2cc3nc(cc4[nH]c(cc4C(=O)O)cc4[nH]c(cc1n2)c(C)c4CS)[C@@H](CCC(=O)O)[C@@H]3C. The van der Waals surface area contributed by atoms with E-state index in [2.05, 4.69) is 42.5 Å². The largest absolute Gasteiger partial charge is 0.481 e. The van der Waals surface area contributed by atoms with Crippen LogP contribution in [0.15, 0.2) is 30.3 Å². The number of aromatic amines is 2. The van der Waals surface area contributed by atoms with Crippen molar-refractivity contribution in [2.45, 2.75) is 83.8 Å². The van der Waals surface area contributed by atoms with E-state index in [9.17, 15) is 19.8 Å². The molecule has 3 aromatic rings. The second kappa shape index (κ2) is 14.0. The first-order chi connectivity index (χ1) is 21.6. The second-order valence-corrected chi connectivity index (χ2v) is 12.4. The molecule has 10 heteroatoms. The standard InChI is InChI=1S/C35H42N4O5S/c1-5-6-7-8-11-44-17-25-20(3)28-14-27-19(2)23(9-10-34(40)41)31(38-27)16-32-24(35(42)43)12-22(36-32)13-30-26(18-45)21(4)29(37-30)15-33(25)39-28/h12-16,19,23,36-37,45H,5-11,17-18H2,1-4H3,(H,40,41)(H,42,43)/t19-,23-/m0/s1. The normalized spacial score (nSPS) is 16.4. The number of aromatic carboxylic acids is 1. The van der Waals surface area contributed by atoms with Crippen LogP contribution >= 0.6 is 12.6 Å². The van der Waals surface area contributed by atoms with Crippen molar-refractivity contribution < 1.29 is 24.5 Å². The van der Waals surface area contributed by atoms with Gasteiger partial charge < -0.3 is 24.9 Å². The molecule has 0 unspecified atom stereocenters. The number of hydrogen-bond donors (Lipinski definition) is 5. The van der Waals surface area contributed by atoms with Crippen molar-refractivity contribution in [1.82, 2.24) is 19.9 Å². The van der Waals surface area contributed by atoms with Gasteiger partial charge in [0, 0.05) is 64.1 Å². The van der Waals surface area contributed by atoms with Gasteiger partial charge in [0.25, 0.3) is 0 Å². The van der Waals surface area contributed by atoms with Crippen LogP contribution in [0.3, 0.4) is 0 Å². The van der Waals surface area contributed by atoms with Gasteiger partial charge in [-0.25, -0.2) is 9.78 Å². The van der Waals surface area contributed by atoms with Crippen molar-refractivity contribution in [3.63, 3.8) is 0 Å². The van der Waals surface area contributed by atoms with Gasteiger partial charge in [0.1, 0.15) is 0 Å². The minimum atomic E-state index is -1.06. The molecule has 0 amide bonds. The number of hydrogen-bond acceptors (Lipinski definition) is 6. The first-order valence-corrected chi connectivity index (χ1v) is 16.3. The molecule has 45 heavy (non-hydrogen) atoms. The van der Waals surface area contributed by atoms with Crippen molar-refractivity contribution in [2.75, 3.05) is 13.2 Å². The minimum Gasteiger partial charge on any atom is -0.481 e. The molecule has 4 N–H and O–H groups in total. The zero-order chi connectivity index (χ0) is 32.2. The Bertz CT molecular complexity index is 1800. The van der Waals surface area contributed by atoms with E-state index in [4.69, 9.17) is 14.7 Å². The lowest BCUT2D eigenvalue weighted by molar-refractivity contribution is -0.137. The summed E-state index contributed by atoms with van der Waals surface area (Å²) in [5.74, 6) is -1.74. The average Bonchev–Trinajstić information content (AvgIpc) is 3.69. The molecule has 0 spiro atoms. The van der Waals surface area contributed by atoms with Crippen LogP contribution in [0.4, 0.5) is 0 Å². The topological polar surface area (TPSA) is 141 Å². The van der Waals surface area contributed by atoms with Gasteiger partial charge in [0.2, 0.25) is 0 Å². The molecule has 0 saturated heterocycles. The Morgan fingerprint density at radius 1 is 0.933 bits per heavy atom. The Morgan fingerprint density at radius 2 is 1.73 bits per heavy atom. The Balaban J connectivity index is 1.75. The quantitative estimate of drug-likeness (QED) is 0.101. The molecule has 3 aromatic heterocycles. The average molecular weight is 631 g/mol. The van der Waals surface area contributed by atoms with Crippen LogP contribution < -0.4 is 0 Å². The van der Waals surface area contributed by atoms with Crippen LogP contribution in [0.2, 0.25) is 0 Å². The predicted molar refractivity (Wildman–Crippen MR) is 181 cm³/mol. The Kier molecular flexibility index (Phi) is 10.1. The summed E-state index contributed by atoms with van der Waals surface area (Å²) >= 11 is 4.61. The van der Waals surface area contributed by atoms with Crippen LogP contribution in [0.5, 0.6) is 0 Å². The number of carbonyl (C=O) groups is 2. The fraction of sp³-hybridized carbons (Fsp3) is 0.429. The molecular weight excluding hydrogens is 588 g/mol. The summed E-state index contributed by atoms with van der Waals surface area (Å²) in [6.07, 6.45) is 4.90. The van der Waals surface area contributed by atoms with Gasteiger partial charge in [0.05, 0.1) is 29.1 Å². The third kappa shape index (κ3) is 7.02. The monoisotopic (exact) mass is 630 g/mol. The van der Waals surface area contributed by atoms with Gasteiger partial charge in [-0.3, -0.25) is 9.78 Å². The number of unbranched alkanes of at least 4 members (excludes halogenated alkanes) is 3. The summed E-state index contributed by atoms with van der Waals surface area (Å²) in [7, 11) is 0. The molecule has 0 aromatic carbocycles. The highest BCUT2D eigenvalue weighted by Gasteiger charge is 2.30. The van der Waals surface area contributed by atoms with Gasteiger partial charge in [-0.05, 0) is 73.7 Å². The van der Waals surface area contributed by atoms with Crippen molar-refractivity contribution in [3.05, 3.63) is 69.8 Å². The van der Waals surface area contributed by atoms with Crippen LogP contribution in [0.1, 0.15) is 115 Å². The predicted octanol–water partition coefficient (Wildman–Crippen LogP) is 8.03. The van der Waals surface area contributed by atoms with E-state index in [1.165, 1.54) is 12.8 Å². The lowest BCUT2D eigenvalue weighted by Gasteiger charge is -2.14. The van der Waals surface area contributed by atoms with E-state index in [1.807, 2.05) is 26.0 Å².